The maximum atomic E-state index is 8.75. The van der Waals surface area contributed by atoms with Gasteiger partial charge in [-0.2, -0.15) is 5.26 Å². The fourth-order valence-corrected chi connectivity index (χ4v) is 2.33. The number of benzene rings is 1. The van der Waals surface area contributed by atoms with E-state index in [4.69, 9.17) is 16.9 Å². The summed E-state index contributed by atoms with van der Waals surface area (Å²) >= 11 is 6.18. The van der Waals surface area contributed by atoms with Crippen LogP contribution < -0.4 is 0 Å². The Morgan fingerprint density at radius 3 is 2.53 bits per heavy atom. The summed E-state index contributed by atoms with van der Waals surface area (Å²) in [6.45, 7) is 6.53. The van der Waals surface area contributed by atoms with Crippen molar-refractivity contribution in [2.24, 2.45) is 0 Å². The smallest absolute Gasteiger partial charge is 0.0992 e. The van der Waals surface area contributed by atoms with Crippen molar-refractivity contribution in [3.63, 3.8) is 0 Å². The van der Waals surface area contributed by atoms with Crippen LogP contribution in [0.2, 0.25) is 5.02 Å². The zero-order valence-electron chi connectivity index (χ0n) is 9.47. The number of hydrogen-bond acceptors (Lipinski definition) is 1. The Kier molecular flexibility index (Phi) is 3.77. The van der Waals surface area contributed by atoms with Crippen LogP contribution >= 0.6 is 11.6 Å². The molecule has 80 valence electrons. The van der Waals surface area contributed by atoms with Crippen molar-refractivity contribution < 1.29 is 0 Å². The van der Waals surface area contributed by atoms with Gasteiger partial charge in [0.05, 0.1) is 11.6 Å². The van der Waals surface area contributed by atoms with Crippen LogP contribution in [0.15, 0.2) is 18.2 Å². The summed E-state index contributed by atoms with van der Waals surface area (Å²) in [6.07, 6.45) is 2.22. The molecule has 0 radical (unpaired) electrons. The monoisotopic (exact) mass is 221 g/mol. The predicted octanol–water partition coefficient (Wildman–Crippen LogP) is 4.29. The van der Waals surface area contributed by atoms with Crippen molar-refractivity contribution >= 4 is 11.6 Å². The molecule has 0 atom stereocenters. The number of nitrogens with zero attached hydrogens (tertiary/aromatic N) is 1. The molecular formula is C13H16ClN. The molecule has 0 aliphatic rings. The lowest BCUT2D eigenvalue weighted by Crippen LogP contribution is -2.17. The van der Waals surface area contributed by atoms with Crippen LogP contribution in [-0.4, -0.2) is 0 Å². The molecule has 0 amide bonds. The lowest BCUT2D eigenvalue weighted by Gasteiger charge is -2.25. The van der Waals surface area contributed by atoms with Crippen LogP contribution in [0.3, 0.4) is 0 Å². The summed E-state index contributed by atoms with van der Waals surface area (Å²) in [5, 5.41) is 9.45. The molecule has 0 fully saturated rings. The Bertz CT molecular complexity index is 388. The van der Waals surface area contributed by atoms with Gasteiger partial charge in [0.1, 0.15) is 0 Å². The molecule has 0 spiro atoms. The van der Waals surface area contributed by atoms with Gasteiger partial charge in [0, 0.05) is 5.02 Å². The number of halogens is 1. The van der Waals surface area contributed by atoms with E-state index < -0.39 is 0 Å². The Labute approximate surface area is 96.7 Å². The molecule has 2 heteroatoms. The van der Waals surface area contributed by atoms with Crippen LogP contribution in [0, 0.1) is 11.3 Å². The lowest BCUT2D eigenvalue weighted by atomic mass is 9.80. The summed E-state index contributed by atoms with van der Waals surface area (Å²) in [7, 11) is 0. The third-order valence-electron chi connectivity index (χ3n) is 2.70. The molecule has 0 heterocycles. The van der Waals surface area contributed by atoms with E-state index in [-0.39, 0.29) is 5.41 Å². The van der Waals surface area contributed by atoms with Gasteiger partial charge in [-0.25, -0.2) is 0 Å². The van der Waals surface area contributed by atoms with E-state index in [2.05, 4.69) is 26.8 Å². The van der Waals surface area contributed by atoms with Crippen molar-refractivity contribution in [3.05, 3.63) is 34.3 Å². The molecule has 0 bridgehead atoms. The van der Waals surface area contributed by atoms with E-state index in [9.17, 15) is 0 Å². The largest absolute Gasteiger partial charge is 0.192 e. The van der Waals surface area contributed by atoms with Crippen molar-refractivity contribution in [1.29, 1.82) is 5.26 Å². The molecule has 0 aromatic heterocycles. The molecular weight excluding hydrogens is 206 g/mol. The van der Waals surface area contributed by atoms with E-state index in [0.717, 1.165) is 18.4 Å². The maximum Gasteiger partial charge on any atom is 0.0992 e. The van der Waals surface area contributed by atoms with E-state index in [1.807, 2.05) is 12.1 Å². The average Bonchev–Trinajstić information content (AvgIpc) is 2.17. The summed E-state index contributed by atoms with van der Waals surface area (Å²) in [4.78, 5) is 0. The molecule has 0 saturated heterocycles. The van der Waals surface area contributed by atoms with Gasteiger partial charge in [-0.05, 0) is 29.5 Å². The molecule has 0 saturated carbocycles. The van der Waals surface area contributed by atoms with Gasteiger partial charge >= 0.3 is 0 Å². The van der Waals surface area contributed by atoms with Crippen molar-refractivity contribution in [2.45, 2.75) is 39.0 Å². The maximum absolute atomic E-state index is 8.75. The van der Waals surface area contributed by atoms with Crippen LogP contribution in [0.1, 0.15) is 44.7 Å². The van der Waals surface area contributed by atoms with Gasteiger partial charge in [-0.15, -0.1) is 0 Å². The Balaban J connectivity index is 3.11. The van der Waals surface area contributed by atoms with Crippen molar-refractivity contribution in [1.82, 2.24) is 0 Å². The summed E-state index contributed by atoms with van der Waals surface area (Å²) < 4.78 is 0. The van der Waals surface area contributed by atoms with Gasteiger partial charge < -0.3 is 0 Å². The van der Waals surface area contributed by atoms with Crippen LogP contribution in [0.5, 0.6) is 0 Å². The molecule has 0 aliphatic heterocycles. The highest BCUT2D eigenvalue weighted by Crippen LogP contribution is 2.33. The molecule has 1 aromatic rings. The Morgan fingerprint density at radius 1 is 1.40 bits per heavy atom. The molecule has 1 nitrogen and oxygen atoms in total. The van der Waals surface area contributed by atoms with Gasteiger partial charge in [0.2, 0.25) is 0 Å². The summed E-state index contributed by atoms with van der Waals surface area (Å²) in [5.74, 6) is 0. The first kappa shape index (κ1) is 12.1. The van der Waals surface area contributed by atoms with E-state index in [0.29, 0.717) is 10.6 Å². The minimum atomic E-state index is 0.0832. The minimum absolute atomic E-state index is 0.0832. The fourth-order valence-electron chi connectivity index (χ4n) is 1.89. The zero-order valence-corrected chi connectivity index (χ0v) is 10.2. The number of nitriles is 1. The quantitative estimate of drug-likeness (QED) is 0.747. The molecule has 1 aromatic carbocycles. The normalized spacial score (nSPS) is 11.1. The van der Waals surface area contributed by atoms with E-state index in [1.165, 1.54) is 0 Å². The van der Waals surface area contributed by atoms with Crippen LogP contribution in [-0.2, 0) is 5.41 Å². The third kappa shape index (κ3) is 2.73. The second-order valence-corrected chi connectivity index (χ2v) is 4.85. The van der Waals surface area contributed by atoms with Crippen molar-refractivity contribution in [3.8, 4) is 6.07 Å². The minimum Gasteiger partial charge on any atom is -0.192 e. The van der Waals surface area contributed by atoms with E-state index in [1.54, 1.807) is 6.07 Å². The van der Waals surface area contributed by atoms with Gasteiger partial charge in [0.25, 0.3) is 0 Å². The van der Waals surface area contributed by atoms with Crippen LogP contribution in [0.4, 0.5) is 0 Å². The van der Waals surface area contributed by atoms with Gasteiger partial charge in [-0.3, -0.25) is 0 Å². The first-order valence-electron chi connectivity index (χ1n) is 5.21. The standard InChI is InChI=1S/C13H16ClN/c1-4-7-13(2,3)11-6-5-10(9-15)8-12(11)14/h5-6,8H,4,7H2,1-3H3. The highest BCUT2D eigenvalue weighted by atomic mass is 35.5. The highest BCUT2D eigenvalue weighted by molar-refractivity contribution is 6.31. The average molecular weight is 222 g/mol. The molecule has 15 heavy (non-hydrogen) atoms. The summed E-state index contributed by atoms with van der Waals surface area (Å²) in [6, 6.07) is 7.64. The van der Waals surface area contributed by atoms with E-state index >= 15 is 0 Å². The fraction of sp³-hybridized carbons (Fsp3) is 0.462. The molecule has 0 N–H and O–H groups in total. The highest BCUT2D eigenvalue weighted by Gasteiger charge is 2.22. The zero-order chi connectivity index (χ0) is 11.5. The van der Waals surface area contributed by atoms with Crippen LogP contribution in [0.25, 0.3) is 0 Å². The molecule has 0 aliphatic carbocycles. The Morgan fingerprint density at radius 2 is 2.07 bits per heavy atom. The summed E-state index contributed by atoms with van der Waals surface area (Å²) in [5.41, 5.74) is 1.83. The molecule has 0 unspecified atom stereocenters. The number of hydrogen-bond donors (Lipinski definition) is 0. The third-order valence-corrected chi connectivity index (χ3v) is 3.02. The van der Waals surface area contributed by atoms with Gasteiger partial charge in [0.15, 0.2) is 0 Å². The Hall–Kier alpha value is -1.00. The topological polar surface area (TPSA) is 23.8 Å². The van der Waals surface area contributed by atoms with Gasteiger partial charge in [-0.1, -0.05) is 44.9 Å². The lowest BCUT2D eigenvalue weighted by molar-refractivity contribution is 0.473. The SMILES string of the molecule is CCCC(C)(C)c1ccc(C#N)cc1Cl. The second kappa shape index (κ2) is 4.68. The predicted molar refractivity (Wildman–Crippen MR) is 64.1 cm³/mol. The van der Waals surface area contributed by atoms with Crippen molar-refractivity contribution in [2.75, 3.05) is 0 Å². The number of rotatable bonds is 3. The first-order valence-corrected chi connectivity index (χ1v) is 5.59. The second-order valence-electron chi connectivity index (χ2n) is 4.44. The first-order chi connectivity index (χ1) is 7.01. The molecule has 1 rings (SSSR count).